The molecule has 0 radical (unpaired) electrons. The fourth-order valence-corrected chi connectivity index (χ4v) is 3.59. The highest BCUT2D eigenvalue weighted by Gasteiger charge is 2.22. The summed E-state index contributed by atoms with van der Waals surface area (Å²) in [5, 5.41) is 3.71. The lowest BCUT2D eigenvalue weighted by Gasteiger charge is -2.19. The van der Waals surface area contributed by atoms with Crippen LogP contribution in [0.3, 0.4) is 0 Å². The first-order valence-corrected chi connectivity index (χ1v) is 8.77. The van der Waals surface area contributed by atoms with Crippen LogP contribution in [0.25, 0.3) is 0 Å². The lowest BCUT2D eigenvalue weighted by Crippen LogP contribution is -2.31. The average Bonchev–Trinajstić information content (AvgIpc) is 2.42. The molecule has 1 rings (SSSR count). The van der Waals surface area contributed by atoms with Gasteiger partial charge in [-0.2, -0.15) is 4.31 Å². The van der Waals surface area contributed by atoms with Crippen LogP contribution in [0, 0.1) is 0 Å². The quantitative estimate of drug-likeness (QED) is 0.745. The maximum Gasteiger partial charge on any atom is 0.243 e. The molecule has 0 saturated carbocycles. The Morgan fingerprint density at radius 2 is 2.10 bits per heavy atom. The summed E-state index contributed by atoms with van der Waals surface area (Å²) in [5.41, 5.74) is 0.885. The van der Waals surface area contributed by atoms with E-state index < -0.39 is 10.0 Å². The van der Waals surface area contributed by atoms with E-state index >= 15 is 0 Å². The van der Waals surface area contributed by atoms with Gasteiger partial charge in [0, 0.05) is 30.7 Å². The molecule has 0 aliphatic rings. The third-order valence-corrected chi connectivity index (χ3v) is 5.34. The zero-order valence-corrected chi connectivity index (χ0v) is 14.3. The second-order valence-electron chi connectivity index (χ2n) is 5.03. The van der Waals surface area contributed by atoms with Crippen LogP contribution in [0.4, 0.5) is 0 Å². The minimum atomic E-state index is -3.53. The zero-order chi connectivity index (χ0) is 16.0. The number of hydrogen-bond donors (Lipinski definition) is 1. The van der Waals surface area contributed by atoms with Crippen LogP contribution in [0.2, 0.25) is 5.02 Å². The van der Waals surface area contributed by atoms with Gasteiger partial charge in [0.05, 0.1) is 4.90 Å². The van der Waals surface area contributed by atoms with E-state index in [2.05, 4.69) is 11.9 Å². The Morgan fingerprint density at radius 3 is 2.57 bits per heavy atom. The molecule has 0 heterocycles. The van der Waals surface area contributed by atoms with Crippen LogP contribution in [0.5, 0.6) is 0 Å². The predicted octanol–water partition coefficient (Wildman–Crippen LogP) is 3.03. The van der Waals surface area contributed by atoms with Crippen molar-refractivity contribution in [3.05, 3.63) is 41.4 Å². The summed E-state index contributed by atoms with van der Waals surface area (Å²) in [5.74, 6) is 0. The standard InChI is InChI=1S/C15H23ClN2O2S/c1-5-9-18(6-2)21(19,20)14-8-7-13(15(16)10-14)11-17-12(3)4/h5,7-8,10,12,17H,1,6,9,11H2,2-4H3. The number of likely N-dealkylation sites (N-methyl/N-ethyl adjacent to an activating group) is 1. The first-order valence-electron chi connectivity index (χ1n) is 6.95. The second-order valence-corrected chi connectivity index (χ2v) is 7.38. The summed E-state index contributed by atoms with van der Waals surface area (Å²) in [7, 11) is -3.53. The van der Waals surface area contributed by atoms with Crippen molar-refractivity contribution in [1.29, 1.82) is 0 Å². The summed E-state index contributed by atoms with van der Waals surface area (Å²) in [6.45, 7) is 10.8. The first-order chi connectivity index (χ1) is 9.82. The molecule has 0 bridgehead atoms. The maximum atomic E-state index is 12.5. The highest BCUT2D eigenvalue weighted by Crippen LogP contribution is 2.23. The van der Waals surface area contributed by atoms with Crippen molar-refractivity contribution in [2.24, 2.45) is 0 Å². The van der Waals surface area contributed by atoms with Crippen molar-refractivity contribution in [2.45, 2.75) is 38.3 Å². The molecule has 0 aliphatic heterocycles. The summed E-state index contributed by atoms with van der Waals surface area (Å²) in [6, 6.07) is 5.21. The third-order valence-electron chi connectivity index (χ3n) is 3.05. The van der Waals surface area contributed by atoms with E-state index in [0.717, 1.165) is 5.56 Å². The highest BCUT2D eigenvalue weighted by molar-refractivity contribution is 7.89. The highest BCUT2D eigenvalue weighted by atomic mass is 35.5. The molecule has 0 unspecified atom stereocenters. The van der Waals surface area contributed by atoms with E-state index in [1.54, 1.807) is 25.1 Å². The van der Waals surface area contributed by atoms with Gasteiger partial charge in [0.1, 0.15) is 0 Å². The van der Waals surface area contributed by atoms with Crippen LogP contribution >= 0.6 is 11.6 Å². The maximum absolute atomic E-state index is 12.5. The summed E-state index contributed by atoms with van der Waals surface area (Å²) in [4.78, 5) is 0.212. The van der Waals surface area contributed by atoms with E-state index in [1.165, 1.54) is 10.4 Å². The Morgan fingerprint density at radius 1 is 1.43 bits per heavy atom. The summed E-state index contributed by atoms with van der Waals surface area (Å²) < 4.78 is 26.3. The summed E-state index contributed by atoms with van der Waals surface area (Å²) in [6.07, 6.45) is 1.57. The number of rotatable bonds is 8. The molecule has 1 aromatic rings. The van der Waals surface area contributed by atoms with Gasteiger partial charge in [-0.1, -0.05) is 44.5 Å². The van der Waals surface area contributed by atoms with Gasteiger partial charge in [-0.3, -0.25) is 0 Å². The van der Waals surface area contributed by atoms with Crippen molar-refractivity contribution < 1.29 is 8.42 Å². The lowest BCUT2D eigenvalue weighted by atomic mass is 10.2. The van der Waals surface area contributed by atoms with Gasteiger partial charge in [0.15, 0.2) is 0 Å². The number of hydrogen-bond acceptors (Lipinski definition) is 3. The molecule has 4 nitrogen and oxygen atoms in total. The van der Waals surface area contributed by atoms with Gasteiger partial charge in [-0.25, -0.2) is 8.42 Å². The zero-order valence-electron chi connectivity index (χ0n) is 12.8. The summed E-state index contributed by atoms with van der Waals surface area (Å²) >= 11 is 6.20. The molecule has 21 heavy (non-hydrogen) atoms. The molecule has 0 saturated heterocycles. The minimum Gasteiger partial charge on any atom is -0.310 e. The molecular formula is C15H23ClN2O2S. The molecule has 1 N–H and O–H groups in total. The van der Waals surface area contributed by atoms with Gasteiger partial charge in [0.2, 0.25) is 10.0 Å². The molecular weight excluding hydrogens is 308 g/mol. The fraction of sp³-hybridized carbons (Fsp3) is 0.467. The van der Waals surface area contributed by atoms with E-state index in [4.69, 9.17) is 11.6 Å². The molecule has 1 aromatic carbocycles. The van der Waals surface area contributed by atoms with E-state index in [-0.39, 0.29) is 11.4 Å². The molecule has 0 fully saturated rings. The van der Waals surface area contributed by atoms with Crippen molar-refractivity contribution in [3.8, 4) is 0 Å². The Hall–Kier alpha value is -0.880. The lowest BCUT2D eigenvalue weighted by molar-refractivity contribution is 0.460. The predicted molar refractivity (Wildman–Crippen MR) is 88.1 cm³/mol. The van der Waals surface area contributed by atoms with E-state index in [0.29, 0.717) is 24.2 Å². The average molecular weight is 331 g/mol. The van der Waals surface area contributed by atoms with Crippen molar-refractivity contribution in [2.75, 3.05) is 13.1 Å². The minimum absolute atomic E-state index is 0.212. The monoisotopic (exact) mass is 330 g/mol. The fourth-order valence-electron chi connectivity index (χ4n) is 1.84. The Bertz CT molecular complexity index is 585. The van der Waals surface area contributed by atoms with E-state index in [1.807, 2.05) is 13.8 Å². The Balaban J connectivity index is 3.04. The molecule has 0 aromatic heterocycles. The second kappa shape index (κ2) is 7.94. The number of halogens is 1. The van der Waals surface area contributed by atoms with Gasteiger partial charge in [-0.15, -0.1) is 6.58 Å². The molecule has 6 heteroatoms. The largest absolute Gasteiger partial charge is 0.310 e. The molecule has 0 amide bonds. The SMILES string of the molecule is C=CCN(CC)S(=O)(=O)c1ccc(CNC(C)C)c(Cl)c1. The first kappa shape index (κ1) is 18.2. The normalized spacial score (nSPS) is 12.1. The smallest absolute Gasteiger partial charge is 0.243 e. The molecule has 0 spiro atoms. The van der Waals surface area contributed by atoms with Gasteiger partial charge >= 0.3 is 0 Å². The van der Waals surface area contributed by atoms with Crippen LogP contribution in [-0.4, -0.2) is 31.9 Å². The van der Waals surface area contributed by atoms with Gasteiger partial charge in [-0.05, 0) is 17.7 Å². The third kappa shape index (κ3) is 4.81. The van der Waals surface area contributed by atoms with E-state index in [9.17, 15) is 8.42 Å². The number of nitrogens with zero attached hydrogens (tertiary/aromatic N) is 1. The Labute approximate surface area is 132 Å². The number of nitrogens with one attached hydrogen (secondary N) is 1. The van der Waals surface area contributed by atoms with Gasteiger partial charge < -0.3 is 5.32 Å². The van der Waals surface area contributed by atoms with Gasteiger partial charge in [0.25, 0.3) is 0 Å². The van der Waals surface area contributed by atoms with Crippen molar-refractivity contribution in [3.63, 3.8) is 0 Å². The topological polar surface area (TPSA) is 49.4 Å². The van der Waals surface area contributed by atoms with Crippen LogP contribution < -0.4 is 5.32 Å². The molecule has 0 aliphatic carbocycles. The van der Waals surface area contributed by atoms with Crippen molar-refractivity contribution >= 4 is 21.6 Å². The van der Waals surface area contributed by atoms with Crippen LogP contribution in [0.15, 0.2) is 35.7 Å². The molecule has 0 atom stereocenters. The van der Waals surface area contributed by atoms with Crippen LogP contribution in [0.1, 0.15) is 26.3 Å². The number of benzene rings is 1. The van der Waals surface area contributed by atoms with Crippen molar-refractivity contribution in [1.82, 2.24) is 9.62 Å². The number of sulfonamides is 1. The van der Waals surface area contributed by atoms with Crippen LogP contribution in [-0.2, 0) is 16.6 Å². The Kier molecular flexibility index (Phi) is 6.87. The molecule has 118 valence electrons.